The van der Waals surface area contributed by atoms with Crippen LogP contribution in [0.2, 0.25) is 0 Å². The molecule has 0 spiro atoms. The fourth-order valence-corrected chi connectivity index (χ4v) is 1.89. The van der Waals surface area contributed by atoms with Gasteiger partial charge in [-0.25, -0.2) is 9.97 Å². The second kappa shape index (κ2) is 7.28. The average Bonchev–Trinajstić information content (AvgIpc) is 2.51. The van der Waals surface area contributed by atoms with Crippen LogP contribution in [0.15, 0.2) is 36.5 Å². The summed E-state index contributed by atoms with van der Waals surface area (Å²) in [7, 11) is 0. The van der Waals surface area contributed by atoms with E-state index < -0.39 is 18.7 Å². The van der Waals surface area contributed by atoms with Crippen LogP contribution in [0, 0.1) is 0 Å². The zero-order chi connectivity index (χ0) is 16.9. The summed E-state index contributed by atoms with van der Waals surface area (Å²) in [5.41, 5.74) is 0.863. The fraction of sp³-hybridized carbons (Fsp3) is 0.333. The Bertz CT molecular complexity index is 633. The molecule has 1 unspecified atom stereocenters. The Balaban J connectivity index is 1.91. The average molecular weight is 327 g/mol. The Morgan fingerprint density at radius 1 is 1.13 bits per heavy atom. The molecule has 1 heterocycles. The van der Waals surface area contributed by atoms with Crippen LogP contribution < -0.4 is 5.32 Å². The number of anilines is 1. The van der Waals surface area contributed by atoms with Crippen molar-refractivity contribution in [2.75, 3.05) is 11.9 Å². The number of nitrogens with one attached hydrogen (secondary N) is 1. The minimum Gasteiger partial charge on any atom is -0.508 e. The third-order valence-electron chi connectivity index (χ3n) is 3.11. The smallest absolute Gasteiger partial charge is 0.389 e. The molecule has 23 heavy (non-hydrogen) atoms. The number of hydrogen-bond donors (Lipinski definition) is 3. The Morgan fingerprint density at radius 2 is 1.83 bits per heavy atom. The van der Waals surface area contributed by atoms with Crippen molar-refractivity contribution >= 4 is 5.95 Å². The number of aromatic hydroxyl groups is 1. The van der Waals surface area contributed by atoms with Crippen LogP contribution in [-0.2, 0) is 6.42 Å². The predicted octanol–water partition coefficient (Wildman–Crippen LogP) is 2.82. The van der Waals surface area contributed by atoms with Gasteiger partial charge >= 0.3 is 6.18 Å². The molecule has 0 radical (unpaired) electrons. The number of halogens is 3. The highest BCUT2D eigenvalue weighted by Crippen LogP contribution is 2.22. The van der Waals surface area contributed by atoms with Crippen LogP contribution in [0.3, 0.4) is 0 Å². The molecule has 0 aliphatic heterocycles. The van der Waals surface area contributed by atoms with Gasteiger partial charge in [-0.3, -0.25) is 0 Å². The van der Waals surface area contributed by atoms with E-state index in [1.807, 2.05) is 0 Å². The van der Waals surface area contributed by atoms with E-state index in [1.165, 1.54) is 24.4 Å². The summed E-state index contributed by atoms with van der Waals surface area (Å²) in [5, 5.41) is 22.0. The van der Waals surface area contributed by atoms with E-state index in [1.54, 1.807) is 12.1 Å². The van der Waals surface area contributed by atoms with Crippen molar-refractivity contribution in [1.82, 2.24) is 9.97 Å². The highest BCUT2D eigenvalue weighted by molar-refractivity contribution is 5.30. The van der Waals surface area contributed by atoms with Gasteiger partial charge in [-0.2, -0.15) is 13.2 Å². The third-order valence-corrected chi connectivity index (χ3v) is 3.11. The number of aliphatic hydroxyl groups is 1. The number of aryl methyl sites for hydroxylation is 1. The number of hydrogen-bond acceptors (Lipinski definition) is 5. The topological polar surface area (TPSA) is 78.3 Å². The highest BCUT2D eigenvalue weighted by atomic mass is 19.4. The Labute approximate surface area is 130 Å². The molecule has 1 aromatic carbocycles. The second-order valence-electron chi connectivity index (χ2n) is 4.97. The van der Waals surface area contributed by atoms with Crippen LogP contribution in [0.5, 0.6) is 5.75 Å². The summed E-state index contributed by atoms with van der Waals surface area (Å²) in [6.07, 6.45) is -4.89. The first-order chi connectivity index (χ1) is 10.8. The molecule has 1 aromatic heterocycles. The number of phenolic OH excluding ortho intramolecular Hbond substituents is 1. The van der Waals surface area contributed by atoms with E-state index in [9.17, 15) is 23.4 Å². The minimum atomic E-state index is -4.23. The van der Waals surface area contributed by atoms with Gasteiger partial charge in [-0.15, -0.1) is 0 Å². The van der Waals surface area contributed by atoms with E-state index >= 15 is 0 Å². The van der Waals surface area contributed by atoms with Gasteiger partial charge in [0.05, 0.1) is 6.10 Å². The summed E-state index contributed by atoms with van der Waals surface area (Å²) in [6, 6.07) is 7.47. The number of rotatable bonds is 6. The molecule has 0 fully saturated rings. The number of aliphatic hydroxyl groups excluding tert-OH is 1. The van der Waals surface area contributed by atoms with Crippen LogP contribution in [0.4, 0.5) is 19.1 Å². The number of alkyl halides is 3. The summed E-state index contributed by atoms with van der Waals surface area (Å²) in [4.78, 5) is 7.89. The molecule has 124 valence electrons. The predicted molar refractivity (Wildman–Crippen MR) is 78.0 cm³/mol. The lowest BCUT2D eigenvalue weighted by Crippen LogP contribution is -2.15. The number of aromatic nitrogens is 2. The Morgan fingerprint density at radius 3 is 2.48 bits per heavy atom. The molecule has 2 aromatic rings. The van der Waals surface area contributed by atoms with Gasteiger partial charge < -0.3 is 15.5 Å². The fourth-order valence-electron chi connectivity index (χ4n) is 1.89. The van der Waals surface area contributed by atoms with Gasteiger partial charge in [-0.05, 0) is 30.2 Å². The molecule has 0 bridgehead atoms. The van der Waals surface area contributed by atoms with Crippen molar-refractivity contribution in [3.63, 3.8) is 0 Å². The maximum Gasteiger partial charge on any atom is 0.389 e. The zero-order valence-corrected chi connectivity index (χ0v) is 12.1. The molecule has 0 amide bonds. The van der Waals surface area contributed by atoms with E-state index in [0.717, 1.165) is 0 Å². The van der Waals surface area contributed by atoms with Crippen LogP contribution >= 0.6 is 0 Å². The Hall–Kier alpha value is -2.35. The molecule has 3 N–H and O–H groups in total. The van der Waals surface area contributed by atoms with E-state index in [2.05, 4.69) is 15.3 Å². The van der Waals surface area contributed by atoms with Gasteiger partial charge in [0.2, 0.25) is 5.95 Å². The second-order valence-corrected chi connectivity index (χ2v) is 4.97. The molecule has 0 aliphatic carbocycles. The molecular formula is C15H16F3N3O2. The van der Waals surface area contributed by atoms with Gasteiger partial charge in [0, 0.05) is 24.9 Å². The number of benzene rings is 1. The van der Waals surface area contributed by atoms with Crippen molar-refractivity contribution in [2.45, 2.75) is 25.1 Å². The third kappa shape index (κ3) is 5.74. The van der Waals surface area contributed by atoms with Gasteiger partial charge in [0.25, 0.3) is 0 Å². The quantitative estimate of drug-likeness (QED) is 0.760. The minimum absolute atomic E-state index is 0.0908. The summed E-state index contributed by atoms with van der Waals surface area (Å²) in [5.74, 6) is 0.247. The summed E-state index contributed by atoms with van der Waals surface area (Å²) >= 11 is 0. The van der Waals surface area contributed by atoms with Gasteiger partial charge in [0.1, 0.15) is 5.75 Å². The van der Waals surface area contributed by atoms with Crippen molar-refractivity contribution < 1.29 is 23.4 Å². The first-order valence-corrected chi connectivity index (χ1v) is 6.93. The first kappa shape index (κ1) is 17.0. The number of phenols is 1. The van der Waals surface area contributed by atoms with Crippen molar-refractivity contribution in [1.29, 1.82) is 0 Å². The molecule has 0 aliphatic rings. The first-order valence-electron chi connectivity index (χ1n) is 6.93. The standard InChI is InChI=1S/C15H16F3N3O2/c16-15(17,18)7-5-11-6-8-19-14(21-11)20-9-13(23)10-1-3-12(22)4-2-10/h1-4,6,8,13,22-23H,5,7,9H2,(H,19,20,21). The molecule has 8 heteroatoms. The maximum absolute atomic E-state index is 12.2. The van der Waals surface area contributed by atoms with Crippen molar-refractivity contribution in [3.8, 4) is 5.75 Å². The normalized spacial score (nSPS) is 12.9. The van der Waals surface area contributed by atoms with Crippen molar-refractivity contribution in [2.24, 2.45) is 0 Å². The molecule has 5 nitrogen and oxygen atoms in total. The summed E-state index contributed by atoms with van der Waals surface area (Å²) in [6.45, 7) is 0.0908. The van der Waals surface area contributed by atoms with Gasteiger partial charge in [0.15, 0.2) is 0 Å². The lowest BCUT2D eigenvalue weighted by Gasteiger charge is -2.13. The van der Waals surface area contributed by atoms with Crippen molar-refractivity contribution in [3.05, 3.63) is 47.8 Å². The molecule has 2 rings (SSSR count). The van der Waals surface area contributed by atoms with Crippen LogP contribution in [0.1, 0.15) is 23.8 Å². The SMILES string of the molecule is Oc1ccc(C(O)CNc2nccc(CCC(F)(F)F)n2)cc1. The number of nitrogens with zero attached hydrogens (tertiary/aromatic N) is 2. The van der Waals surface area contributed by atoms with Gasteiger partial charge in [-0.1, -0.05) is 12.1 Å². The highest BCUT2D eigenvalue weighted by Gasteiger charge is 2.26. The summed E-state index contributed by atoms with van der Waals surface area (Å²) < 4.78 is 36.6. The van der Waals surface area contributed by atoms with E-state index in [0.29, 0.717) is 5.56 Å². The maximum atomic E-state index is 12.2. The molecule has 1 atom stereocenters. The molecule has 0 saturated heterocycles. The van der Waals surface area contributed by atoms with E-state index in [4.69, 9.17) is 0 Å². The van der Waals surface area contributed by atoms with E-state index in [-0.39, 0.29) is 30.4 Å². The lowest BCUT2D eigenvalue weighted by molar-refractivity contribution is -0.134. The Kier molecular flexibility index (Phi) is 5.38. The largest absolute Gasteiger partial charge is 0.508 e. The monoisotopic (exact) mass is 327 g/mol. The molecular weight excluding hydrogens is 311 g/mol. The zero-order valence-electron chi connectivity index (χ0n) is 12.1. The lowest BCUT2D eigenvalue weighted by atomic mass is 10.1. The van der Waals surface area contributed by atoms with Crippen LogP contribution in [0.25, 0.3) is 0 Å². The van der Waals surface area contributed by atoms with Crippen LogP contribution in [-0.4, -0.2) is 32.9 Å². The molecule has 0 saturated carbocycles.